The Morgan fingerprint density at radius 2 is 2.23 bits per heavy atom. The number of aromatic nitrogens is 3. The highest BCUT2D eigenvalue weighted by atomic mass is 15.2. The quantitative estimate of drug-likeness (QED) is 0.685. The summed E-state index contributed by atoms with van der Waals surface area (Å²) in [4.78, 5) is 4.35. The summed E-state index contributed by atoms with van der Waals surface area (Å²) in [6.45, 7) is 3.03. The van der Waals surface area contributed by atoms with Crippen molar-refractivity contribution in [1.29, 1.82) is 0 Å². The zero-order chi connectivity index (χ0) is 9.10. The van der Waals surface area contributed by atoms with Crippen LogP contribution in [0, 0.1) is 6.92 Å². The molecule has 2 N–H and O–H groups in total. The topological polar surface area (TPSA) is 53.6 Å². The lowest BCUT2D eigenvalue weighted by atomic mass is 10.1. The van der Waals surface area contributed by atoms with Crippen molar-refractivity contribution in [3.8, 4) is 0 Å². The largest absolute Gasteiger partial charge is 0.307 e. The van der Waals surface area contributed by atoms with Crippen molar-refractivity contribution >= 4 is 0 Å². The van der Waals surface area contributed by atoms with Crippen molar-refractivity contribution in [2.24, 2.45) is 0 Å². The summed E-state index contributed by atoms with van der Waals surface area (Å²) < 4.78 is 0. The Labute approximate surface area is 78.1 Å². The maximum Gasteiger partial charge on any atom is 0.167 e. The van der Waals surface area contributed by atoms with E-state index < -0.39 is 0 Å². The van der Waals surface area contributed by atoms with Crippen molar-refractivity contribution in [2.45, 2.75) is 38.6 Å². The predicted molar refractivity (Wildman–Crippen MR) is 50.3 cm³/mol. The molecule has 0 amide bonds. The molecule has 1 fully saturated rings. The standard InChI is InChI=1S/C9H16N4/c1-7-11-9(13-12-7)8-5-3-2-4-6-10-8/h8,10H,2-6H2,1H3,(H,11,12,13). The Morgan fingerprint density at radius 3 is 3.00 bits per heavy atom. The molecule has 2 rings (SSSR count). The van der Waals surface area contributed by atoms with Gasteiger partial charge in [-0.3, -0.25) is 5.10 Å². The molecule has 1 saturated heterocycles. The van der Waals surface area contributed by atoms with Crippen LogP contribution in [0.5, 0.6) is 0 Å². The number of aryl methyl sites for hydroxylation is 1. The van der Waals surface area contributed by atoms with Gasteiger partial charge >= 0.3 is 0 Å². The van der Waals surface area contributed by atoms with Crippen LogP contribution in [0.15, 0.2) is 0 Å². The van der Waals surface area contributed by atoms with Crippen LogP contribution >= 0.6 is 0 Å². The third kappa shape index (κ3) is 2.06. The molecule has 1 aromatic heterocycles. The van der Waals surface area contributed by atoms with Gasteiger partial charge in [0, 0.05) is 0 Å². The maximum atomic E-state index is 4.35. The number of aromatic amines is 1. The number of nitrogens with one attached hydrogen (secondary N) is 2. The van der Waals surface area contributed by atoms with Crippen LogP contribution in [0.25, 0.3) is 0 Å². The second kappa shape index (κ2) is 3.87. The van der Waals surface area contributed by atoms with Crippen molar-refractivity contribution < 1.29 is 0 Å². The van der Waals surface area contributed by atoms with Crippen molar-refractivity contribution in [3.63, 3.8) is 0 Å². The Kier molecular flexibility index (Phi) is 2.59. The van der Waals surface area contributed by atoms with E-state index in [-0.39, 0.29) is 0 Å². The molecular weight excluding hydrogens is 164 g/mol. The fraction of sp³-hybridized carbons (Fsp3) is 0.778. The van der Waals surface area contributed by atoms with Gasteiger partial charge in [-0.2, -0.15) is 5.10 Å². The van der Waals surface area contributed by atoms with Gasteiger partial charge in [0.2, 0.25) is 0 Å². The SMILES string of the molecule is Cc1nc(C2CCCCCN2)n[nH]1. The summed E-state index contributed by atoms with van der Waals surface area (Å²) >= 11 is 0. The Balaban J connectivity index is 2.06. The normalized spacial score (nSPS) is 24.2. The van der Waals surface area contributed by atoms with Crippen LogP contribution in [0.3, 0.4) is 0 Å². The van der Waals surface area contributed by atoms with E-state index in [1.807, 2.05) is 6.92 Å². The van der Waals surface area contributed by atoms with Gasteiger partial charge < -0.3 is 5.32 Å². The minimum atomic E-state index is 0.368. The minimum absolute atomic E-state index is 0.368. The molecule has 0 spiro atoms. The van der Waals surface area contributed by atoms with E-state index in [0.717, 1.165) is 24.6 Å². The number of H-pyrrole nitrogens is 1. The van der Waals surface area contributed by atoms with Crippen molar-refractivity contribution in [2.75, 3.05) is 6.54 Å². The summed E-state index contributed by atoms with van der Waals surface area (Å²) in [6, 6.07) is 0.368. The average Bonchev–Trinajstić information content (AvgIpc) is 2.43. The predicted octanol–water partition coefficient (Wildman–Crippen LogP) is 1.32. The van der Waals surface area contributed by atoms with Crippen LogP contribution < -0.4 is 5.32 Å². The molecule has 0 aromatic carbocycles. The first-order valence-electron chi connectivity index (χ1n) is 4.98. The highest BCUT2D eigenvalue weighted by Crippen LogP contribution is 2.19. The van der Waals surface area contributed by atoms with Crippen LogP contribution in [-0.4, -0.2) is 21.7 Å². The fourth-order valence-electron chi connectivity index (χ4n) is 1.76. The van der Waals surface area contributed by atoms with Gasteiger partial charge in [-0.1, -0.05) is 12.8 Å². The third-order valence-electron chi connectivity index (χ3n) is 2.49. The molecule has 1 aromatic rings. The molecular formula is C9H16N4. The van der Waals surface area contributed by atoms with Gasteiger partial charge in [0.15, 0.2) is 5.82 Å². The van der Waals surface area contributed by atoms with Crippen LogP contribution in [-0.2, 0) is 0 Å². The molecule has 13 heavy (non-hydrogen) atoms. The van der Waals surface area contributed by atoms with Crippen LogP contribution in [0.2, 0.25) is 0 Å². The molecule has 1 atom stereocenters. The molecule has 4 nitrogen and oxygen atoms in total. The first kappa shape index (κ1) is 8.69. The Bertz CT molecular complexity index is 260. The monoisotopic (exact) mass is 180 g/mol. The van der Waals surface area contributed by atoms with E-state index in [2.05, 4.69) is 20.5 Å². The van der Waals surface area contributed by atoms with E-state index in [1.165, 1.54) is 19.3 Å². The van der Waals surface area contributed by atoms with Crippen molar-refractivity contribution in [3.05, 3.63) is 11.6 Å². The number of nitrogens with zero attached hydrogens (tertiary/aromatic N) is 2. The van der Waals surface area contributed by atoms with Gasteiger partial charge in [-0.25, -0.2) is 4.98 Å². The molecule has 0 radical (unpaired) electrons. The third-order valence-corrected chi connectivity index (χ3v) is 2.49. The van der Waals surface area contributed by atoms with Crippen LogP contribution in [0.4, 0.5) is 0 Å². The molecule has 1 aliphatic heterocycles. The summed E-state index contributed by atoms with van der Waals surface area (Å²) in [5.74, 6) is 1.83. The smallest absolute Gasteiger partial charge is 0.167 e. The van der Waals surface area contributed by atoms with Gasteiger partial charge in [0.05, 0.1) is 6.04 Å². The lowest BCUT2D eigenvalue weighted by Crippen LogP contribution is -2.21. The van der Waals surface area contributed by atoms with E-state index in [0.29, 0.717) is 6.04 Å². The van der Waals surface area contributed by atoms with E-state index in [1.54, 1.807) is 0 Å². The molecule has 1 unspecified atom stereocenters. The van der Waals surface area contributed by atoms with Crippen LogP contribution in [0.1, 0.15) is 43.4 Å². The molecule has 0 bridgehead atoms. The van der Waals surface area contributed by atoms with Gasteiger partial charge in [-0.15, -0.1) is 0 Å². The van der Waals surface area contributed by atoms with E-state index in [9.17, 15) is 0 Å². The summed E-state index contributed by atoms with van der Waals surface area (Å²) in [5.41, 5.74) is 0. The maximum absolute atomic E-state index is 4.35. The number of hydrogen-bond acceptors (Lipinski definition) is 3. The second-order valence-corrected chi connectivity index (χ2v) is 3.64. The second-order valence-electron chi connectivity index (χ2n) is 3.64. The molecule has 0 aliphatic carbocycles. The van der Waals surface area contributed by atoms with E-state index >= 15 is 0 Å². The summed E-state index contributed by atoms with van der Waals surface area (Å²) in [5, 5.41) is 10.5. The number of rotatable bonds is 1. The lowest BCUT2D eigenvalue weighted by molar-refractivity contribution is 0.509. The number of hydrogen-bond donors (Lipinski definition) is 2. The average molecular weight is 180 g/mol. The molecule has 72 valence electrons. The van der Waals surface area contributed by atoms with Crippen molar-refractivity contribution in [1.82, 2.24) is 20.5 Å². The van der Waals surface area contributed by atoms with Gasteiger partial charge in [0.1, 0.15) is 5.82 Å². The summed E-state index contributed by atoms with van der Waals surface area (Å²) in [6.07, 6.45) is 5.05. The fourth-order valence-corrected chi connectivity index (χ4v) is 1.76. The molecule has 0 saturated carbocycles. The molecule has 1 aliphatic rings. The zero-order valence-electron chi connectivity index (χ0n) is 8.01. The summed E-state index contributed by atoms with van der Waals surface area (Å²) in [7, 11) is 0. The van der Waals surface area contributed by atoms with Gasteiger partial charge in [0.25, 0.3) is 0 Å². The Hall–Kier alpha value is -0.900. The first-order chi connectivity index (χ1) is 6.36. The highest BCUT2D eigenvalue weighted by molar-refractivity contribution is 4.96. The molecule has 2 heterocycles. The lowest BCUT2D eigenvalue weighted by Gasteiger charge is -2.10. The highest BCUT2D eigenvalue weighted by Gasteiger charge is 2.16. The molecule has 4 heteroatoms. The van der Waals surface area contributed by atoms with E-state index in [4.69, 9.17) is 0 Å². The first-order valence-corrected chi connectivity index (χ1v) is 4.98. The van der Waals surface area contributed by atoms with Gasteiger partial charge in [-0.05, 0) is 26.3 Å². The Morgan fingerprint density at radius 1 is 1.31 bits per heavy atom. The zero-order valence-corrected chi connectivity index (χ0v) is 8.01. The minimum Gasteiger partial charge on any atom is -0.307 e.